The van der Waals surface area contributed by atoms with Crippen molar-refractivity contribution in [3.63, 3.8) is 0 Å². The Balaban J connectivity index is 1.17. The van der Waals surface area contributed by atoms with E-state index in [1.807, 2.05) is 13.8 Å². The molecule has 3 fully saturated rings. The van der Waals surface area contributed by atoms with Crippen LogP contribution in [0.1, 0.15) is 88.8 Å². The molecule has 76 heavy (non-hydrogen) atoms. The monoisotopic (exact) mass is 1060 g/mol. The van der Waals surface area contributed by atoms with Gasteiger partial charge in [-0.05, 0) is 109 Å². The molecule has 2 aromatic carbocycles. The van der Waals surface area contributed by atoms with Crippen molar-refractivity contribution < 1.29 is 55.7 Å². The van der Waals surface area contributed by atoms with Gasteiger partial charge in [0, 0.05) is 74.8 Å². The Hall–Kier alpha value is -6.38. The molecule has 4 aliphatic rings. The second kappa shape index (κ2) is 22.7. The van der Waals surface area contributed by atoms with Crippen LogP contribution in [0.4, 0.5) is 22.4 Å². The third kappa shape index (κ3) is 12.1. The van der Waals surface area contributed by atoms with E-state index in [1.165, 1.54) is 27.7 Å². The summed E-state index contributed by atoms with van der Waals surface area (Å²) >= 11 is 0. The van der Waals surface area contributed by atoms with E-state index in [4.69, 9.17) is 14.2 Å². The first-order valence-electron chi connectivity index (χ1n) is 26.1. The van der Waals surface area contributed by atoms with Crippen LogP contribution >= 0.6 is 0 Å². The number of esters is 1. The van der Waals surface area contributed by atoms with Crippen LogP contribution in [-0.4, -0.2) is 149 Å². The van der Waals surface area contributed by atoms with Crippen molar-refractivity contribution >= 4 is 40.6 Å². The van der Waals surface area contributed by atoms with Gasteiger partial charge in [0.1, 0.15) is 31.3 Å². The van der Waals surface area contributed by atoms with Gasteiger partial charge in [0.2, 0.25) is 11.8 Å². The molecule has 2 aromatic heterocycles. The Morgan fingerprint density at radius 3 is 2.46 bits per heavy atom. The minimum atomic E-state index is -4.64. The van der Waals surface area contributed by atoms with E-state index in [9.17, 15) is 37.1 Å². The molecule has 5 amide bonds. The van der Waals surface area contributed by atoms with Gasteiger partial charge in [-0.25, -0.2) is 14.6 Å². The Kier molecular flexibility index (Phi) is 16.7. The summed E-state index contributed by atoms with van der Waals surface area (Å²) in [5.74, 6) is -2.44. The normalized spacial score (nSPS) is 21.0. The summed E-state index contributed by atoms with van der Waals surface area (Å²) < 4.78 is 78.6. The zero-order valence-electron chi connectivity index (χ0n) is 44.4. The largest absolute Gasteiger partial charge is 0.464 e. The predicted molar refractivity (Wildman–Crippen MR) is 277 cm³/mol. The van der Waals surface area contributed by atoms with Crippen molar-refractivity contribution in [2.24, 2.45) is 11.3 Å². The summed E-state index contributed by atoms with van der Waals surface area (Å²) in [7, 11) is 3.04. The number of hydrazine groups is 1. The number of urea groups is 1. The summed E-state index contributed by atoms with van der Waals surface area (Å²) in [5.41, 5.74) is 5.36. The second-order valence-corrected chi connectivity index (χ2v) is 21.8. The Morgan fingerprint density at radius 2 is 1.78 bits per heavy atom. The van der Waals surface area contributed by atoms with Crippen LogP contribution in [0.25, 0.3) is 33.3 Å². The Bertz CT molecular complexity index is 2840. The fourth-order valence-corrected chi connectivity index (χ4v) is 11.3. The number of alkyl halides is 4. The number of benzene rings is 2. The molecule has 2 N–H and O–H groups in total. The maximum atomic E-state index is 15.0. The third-order valence-electron chi connectivity index (χ3n) is 15.2. The summed E-state index contributed by atoms with van der Waals surface area (Å²) in [6.07, 6.45) is -0.723. The topological polar surface area (TPSA) is 168 Å². The summed E-state index contributed by atoms with van der Waals surface area (Å²) in [6, 6.07) is 9.79. The molecule has 4 aliphatic heterocycles. The number of likely N-dealkylation sites (tertiary alicyclic amines) is 1. The number of morpholine rings is 1. The number of ether oxygens (including phenoxy) is 3. The number of halogens is 4. The quantitative estimate of drug-likeness (QED) is 0.0913. The van der Waals surface area contributed by atoms with E-state index in [1.54, 1.807) is 92.3 Å². The van der Waals surface area contributed by atoms with E-state index >= 15 is 4.39 Å². The average Bonchev–Trinajstić information content (AvgIpc) is 3.72. The van der Waals surface area contributed by atoms with Gasteiger partial charge in [-0.15, -0.1) is 0 Å². The molecular formula is C56H70F4N8O8. The van der Waals surface area contributed by atoms with Crippen LogP contribution in [0.15, 0.2) is 67.4 Å². The SMILES string of the molecule is C=CC(=O)N1CCOC2(CCN(C(=O)N(C)C(C(=O)N[C@H]3Cc4cc(CF)cc(c4)-c4ccc5c(c4)c(c(-c4cccnc4[C@H](C)OC)n5CC(F)(F)F)CC(C)(C)COC(=O)[C@@H]4CCCN(N4)C3=O)C(C)C)CC2)C1. The molecule has 20 heteroatoms. The molecule has 410 valence electrons. The second-order valence-electron chi connectivity index (χ2n) is 21.8. The number of rotatable bonds is 10. The fraction of sp³-hybridized carbons (Fsp3) is 0.536. The van der Waals surface area contributed by atoms with Gasteiger partial charge in [-0.1, -0.05) is 52.5 Å². The molecular weight excluding hydrogens is 989 g/mol. The van der Waals surface area contributed by atoms with E-state index in [2.05, 4.69) is 22.3 Å². The van der Waals surface area contributed by atoms with Crippen LogP contribution < -0.4 is 10.7 Å². The molecule has 6 bridgehead atoms. The van der Waals surface area contributed by atoms with Crippen molar-refractivity contribution in [3.05, 3.63) is 89.8 Å². The lowest BCUT2D eigenvalue weighted by Gasteiger charge is -2.47. The number of fused-ring (bicyclic) bond motifs is 6. The highest BCUT2D eigenvalue weighted by atomic mass is 19.4. The van der Waals surface area contributed by atoms with Gasteiger partial charge in [-0.2, -0.15) is 13.2 Å². The number of hydrogen-bond donors (Lipinski definition) is 2. The van der Waals surface area contributed by atoms with E-state index in [0.29, 0.717) is 97.4 Å². The number of carbonyl (C=O) groups is 5. The molecule has 3 saturated heterocycles. The molecule has 0 radical (unpaired) electrons. The third-order valence-corrected chi connectivity index (χ3v) is 15.2. The summed E-state index contributed by atoms with van der Waals surface area (Å²) in [4.78, 5) is 79.7. The number of piperidine rings is 1. The summed E-state index contributed by atoms with van der Waals surface area (Å²) in [5, 5.41) is 4.75. The molecule has 4 atom stereocenters. The number of nitrogens with zero attached hydrogens (tertiary/aromatic N) is 6. The van der Waals surface area contributed by atoms with Crippen molar-refractivity contribution in [1.29, 1.82) is 0 Å². The number of pyridine rings is 1. The number of aromatic nitrogens is 2. The van der Waals surface area contributed by atoms with Gasteiger partial charge in [0.15, 0.2) is 0 Å². The first-order chi connectivity index (χ1) is 36.0. The van der Waals surface area contributed by atoms with Crippen LogP contribution in [0.2, 0.25) is 0 Å². The number of carbonyl (C=O) groups excluding carboxylic acids is 5. The van der Waals surface area contributed by atoms with Crippen molar-refractivity contribution in [3.8, 4) is 22.4 Å². The number of nitrogens with one attached hydrogen (secondary N) is 2. The first-order valence-corrected chi connectivity index (χ1v) is 26.1. The highest BCUT2D eigenvalue weighted by Crippen LogP contribution is 2.43. The van der Waals surface area contributed by atoms with Crippen molar-refractivity contribution in [2.45, 2.75) is 122 Å². The number of methoxy groups -OCH3 is 1. The van der Waals surface area contributed by atoms with Gasteiger partial charge < -0.3 is 38.8 Å². The molecule has 8 rings (SSSR count). The van der Waals surface area contributed by atoms with E-state index in [-0.39, 0.29) is 48.7 Å². The maximum Gasteiger partial charge on any atom is 0.406 e. The van der Waals surface area contributed by atoms with Crippen LogP contribution in [0.5, 0.6) is 0 Å². The maximum absolute atomic E-state index is 15.0. The molecule has 6 heterocycles. The van der Waals surface area contributed by atoms with E-state index < -0.39 is 84.4 Å². The van der Waals surface area contributed by atoms with Gasteiger partial charge in [0.25, 0.3) is 5.91 Å². The Morgan fingerprint density at radius 1 is 1.03 bits per heavy atom. The zero-order chi connectivity index (χ0) is 54.9. The lowest BCUT2D eigenvalue weighted by Crippen LogP contribution is -2.63. The van der Waals surface area contributed by atoms with Gasteiger partial charge in [-0.3, -0.25) is 29.2 Å². The average molecular weight is 1060 g/mol. The van der Waals surface area contributed by atoms with Crippen LogP contribution in [0.3, 0.4) is 0 Å². The zero-order valence-corrected chi connectivity index (χ0v) is 44.4. The first kappa shape index (κ1) is 55.8. The van der Waals surface area contributed by atoms with Crippen molar-refractivity contribution in [2.75, 3.05) is 60.1 Å². The van der Waals surface area contributed by atoms with Crippen molar-refractivity contribution in [1.82, 2.24) is 40.0 Å². The molecule has 4 aromatic rings. The standard InChI is InChI=1S/C56H70F4N8O8/c1-9-46(69)66-22-23-76-55(31-66)16-20-65(21-17-55)53(73)64(7)48(34(2)3)50(70)62-44-27-36-24-37(30-57)26-39(25-36)38-14-15-45-41(28-38)42(29-54(5,6)33-75-52(72)43-13-11-19-68(63-43)51(44)71)49(67(45)32-56(58,59)60)40-12-10-18-61-47(40)35(4)74-8/h9-10,12,14-15,18,24-26,28,34-35,43-44,48,63H,1,11,13,16-17,19-23,27,29-33H2,2-8H3,(H,62,70)/t35-,43-,44-,48?/m0/s1. The number of likely N-dealkylation sites (N-methyl/N-ethyl adjacent to an activating group) is 1. The minimum Gasteiger partial charge on any atom is -0.464 e. The number of amides is 5. The minimum absolute atomic E-state index is 0.137. The highest BCUT2D eigenvalue weighted by molar-refractivity contribution is 5.96. The van der Waals surface area contributed by atoms with Crippen LogP contribution in [0, 0.1) is 11.3 Å². The lowest BCUT2D eigenvalue weighted by molar-refractivity contribution is -0.155. The van der Waals surface area contributed by atoms with Crippen LogP contribution in [-0.2, 0) is 59.4 Å². The summed E-state index contributed by atoms with van der Waals surface area (Å²) in [6.45, 7) is 12.3. The van der Waals surface area contributed by atoms with Gasteiger partial charge >= 0.3 is 18.2 Å². The molecule has 0 saturated carbocycles. The number of cyclic esters (lactones) is 1. The fourth-order valence-electron chi connectivity index (χ4n) is 11.3. The molecule has 16 nitrogen and oxygen atoms in total. The molecule has 1 spiro atoms. The highest BCUT2D eigenvalue weighted by Gasteiger charge is 2.44. The lowest BCUT2D eigenvalue weighted by atomic mass is 9.84. The predicted octanol–water partition coefficient (Wildman–Crippen LogP) is 7.71. The number of hydrogen-bond acceptors (Lipinski definition) is 10. The Labute approximate surface area is 441 Å². The van der Waals surface area contributed by atoms with E-state index in [0.717, 1.165) is 0 Å². The smallest absolute Gasteiger partial charge is 0.406 e. The molecule has 0 aliphatic carbocycles. The van der Waals surface area contributed by atoms with Gasteiger partial charge in [0.05, 0.1) is 42.9 Å². The molecule has 1 unspecified atom stereocenters.